The summed E-state index contributed by atoms with van der Waals surface area (Å²) < 4.78 is 17.0. The lowest BCUT2D eigenvalue weighted by molar-refractivity contribution is 0.181. The van der Waals surface area contributed by atoms with Crippen LogP contribution in [0.1, 0.15) is 24.5 Å². The normalized spacial score (nSPS) is 15.8. The Morgan fingerprint density at radius 3 is 2.65 bits per heavy atom. The molecule has 1 saturated heterocycles. The van der Waals surface area contributed by atoms with E-state index in [0.29, 0.717) is 19.1 Å². The zero-order valence-corrected chi connectivity index (χ0v) is 21.0. The first-order valence-electron chi connectivity index (χ1n) is 10.6. The number of nitrogens with one attached hydrogen (secondary N) is 1. The van der Waals surface area contributed by atoms with Gasteiger partial charge < -0.3 is 24.4 Å². The monoisotopic (exact) mass is 539 g/mol. The maximum absolute atomic E-state index is 5.95. The molecular formula is C24H34IN3O3. The maximum atomic E-state index is 5.95. The summed E-state index contributed by atoms with van der Waals surface area (Å²) >= 11 is 0. The Hall–Kier alpha value is -2.00. The number of benzene rings is 2. The first-order chi connectivity index (χ1) is 14.7. The molecule has 0 aliphatic carbocycles. The van der Waals surface area contributed by atoms with E-state index in [1.807, 2.05) is 48.5 Å². The first-order valence-corrected chi connectivity index (χ1v) is 10.6. The number of methoxy groups -OCH3 is 1. The van der Waals surface area contributed by atoms with Crippen LogP contribution in [0.4, 0.5) is 0 Å². The summed E-state index contributed by atoms with van der Waals surface area (Å²) in [4.78, 5) is 7.01. The minimum Gasteiger partial charge on any atom is -0.493 e. The van der Waals surface area contributed by atoms with Crippen molar-refractivity contribution in [3.8, 4) is 11.5 Å². The van der Waals surface area contributed by atoms with E-state index in [4.69, 9.17) is 19.2 Å². The highest BCUT2D eigenvalue weighted by Gasteiger charge is 2.19. The predicted molar refractivity (Wildman–Crippen MR) is 136 cm³/mol. The molecule has 6 nitrogen and oxygen atoms in total. The van der Waals surface area contributed by atoms with Gasteiger partial charge in [-0.3, -0.25) is 0 Å². The van der Waals surface area contributed by atoms with E-state index in [2.05, 4.69) is 24.2 Å². The Morgan fingerprint density at radius 2 is 1.97 bits per heavy atom. The van der Waals surface area contributed by atoms with Crippen molar-refractivity contribution < 1.29 is 14.2 Å². The Labute approximate surface area is 203 Å². The van der Waals surface area contributed by atoms with Crippen LogP contribution in [0.5, 0.6) is 11.5 Å². The molecule has 3 rings (SSSR count). The summed E-state index contributed by atoms with van der Waals surface area (Å²) in [5, 5.41) is 3.38. The molecule has 0 spiro atoms. The molecule has 0 bridgehead atoms. The van der Waals surface area contributed by atoms with Crippen molar-refractivity contribution in [1.82, 2.24) is 10.2 Å². The lowest BCUT2D eigenvalue weighted by Gasteiger charge is -2.24. The molecule has 2 aromatic carbocycles. The second-order valence-corrected chi connectivity index (χ2v) is 7.54. The summed E-state index contributed by atoms with van der Waals surface area (Å²) in [7, 11) is 3.75. The molecule has 0 radical (unpaired) electrons. The van der Waals surface area contributed by atoms with Gasteiger partial charge in [0, 0.05) is 32.7 Å². The third-order valence-electron chi connectivity index (χ3n) is 5.13. The minimum absolute atomic E-state index is 0. The number of guanidine groups is 1. The maximum Gasteiger partial charge on any atom is 0.193 e. The molecule has 1 aliphatic rings. The molecule has 1 N–H and O–H groups in total. The second-order valence-electron chi connectivity index (χ2n) is 7.54. The number of ether oxygens (including phenoxy) is 3. The number of hydrogen-bond acceptors (Lipinski definition) is 4. The van der Waals surface area contributed by atoms with Gasteiger partial charge in [0.2, 0.25) is 0 Å². The Kier molecular flexibility index (Phi) is 10.9. The lowest BCUT2D eigenvalue weighted by atomic mass is 10.1. The van der Waals surface area contributed by atoms with E-state index in [9.17, 15) is 0 Å². The lowest BCUT2D eigenvalue weighted by Crippen LogP contribution is -2.41. The topological polar surface area (TPSA) is 55.3 Å². The van der Waals surface area contributed by atoms with Crippen LogP contribution >= 0.6 is 24.0 Å². The largest absolute Gasteiger partial charge is 0.493 e. The standard InChI is InChI=1S/C24H33N3O3.HI/c1-4-25-24(27(2)16-21-12-13-29-17-21)26-15-20-10-11-22(23(14-20)28-3)30-18-19-8-6-5-7-9-19;/h5-11,14,21H,4,12-13,15-18H2,1-3H3,(H,25,26);1H. The van der Waals surface area contributed by atoms with Crippen LogP contribution < -0.4 is 14.8 Å². The highest BCUT2D eigenvalue weighted by atomic mass is 127. The fourth-order valence-electron chi connectivity index (χ4n) is 3.50. The van der Waals surface area contributed by atoms with Crippen molar-refractivity contribution in [2.24, 2.45) is 10.9 Å². The summed E-state index contributed by atoms with van der Waals surface area (Å²) in [5.74, 6) is 2.94. The molecule has 0 amide bonds. The molecule has 0 saturated carbocycles. The predicted octanol–water partition coefficient (Wildman–Crippen LogP) is 4.33. The van der Waals surface area contributed by atoms with Gasteiger partial charge >= 0.3 is 0 Å². The van der Waals surface area contributed by atoms with Gasteiger partial charge in [-0.25, -0.2) is 4.99 Å². The van der Waals surface area contributed by atoms with Crippen molar-refractivity contribution in [3.05, 3.63) is 59.7 Å². The minimum atomic E-state index is 0. The number of aliphatic imine (C=N–C) groups is 1. The highest BCUT2D eigenvalue weighted by molar-refractivity contribution is 14.0. The van der Waals surface area contributed by atoms with Crippen molar-refractivity contribution in [3.63, 3.8) is 0 Å². The van der Waals surface area contributed by atoms with Gasteiger partial charge in [0.15, 0.2) is 17.5 Å². The summed E-state index contributed by atoms with van der Waals surface area (Å²) in [5.41, 5.74) is 2.20. The zero-order chi connectivity index (χ0) is 21.2. The molecule has 0 aromatic heterocycles. The van der Waals surface area contributed by atoms with Crippen LogP contribution in [0.25, 0.3) is 0 Å². The molecular weight excluding hydrogens is 505 g/mol. The van der Waals surface area contributed by atoms with E-state index in [0.717, 1.165) is 61.3 Å². The van der Waals surface area contributed by atoms with E-state index >= 15 is 0 Å². The van der Waals surface area contributed by atoms with E-state index in [1.165, 1.54) is 0 Å². The van der Waals surface area contributed by atoms with Gasteiger partial charge in [-0.2, -0.15) is 0 Å². The molecule has 7 heteroatoms. The van der Waals surface area contributed by atoms with Gasteiger partial charge in [-0.1, -0.05) is 36.4 Å². The fourth-order valence-corrected chi connectivity index (χ4v) is 3.50. The van der Waals surface area contributed by atoms with Crippen LogP contribution in [0.3, 0.4) is 0 Å². The van der Waals surface area contributed by atoms with E-state index < -0.39 is 0 Å². The molecule has 31 heavy (non-hydrogen) atoms. The summed E-state index contributed by atoms with van der Waals surface area (Å²) in [6.45, 7) is 6.65. The molecule has 2 aromatic rings. The Balaban J connectivity index is 0.00000341. The number of hydrogen-bond donors (Lipinski definition) is 1. The van der Waals surface area contributed by atoms with E-state index in [-0.39, 0.29) is 24.0 Å². The Morgan fingerprint density at radius 1 is 1.16 bits per heavy atom. The van der Waals surface area contributed by atoms with Crippen molar-refractivity contribution in [2.45, 2.75) is 26.5 Å². The Bertz CT molecular complexity index is 811. The molecule has 1 fully saturated rings. The quantitative estimate of drug-likeness (QED) is 0.292. The van der Waals surface area contributed by atoms with Crippen molar-refractivity contribution >= 4 is 29.9 Å². The SMILES string of the molecule is CCNC(=NCc1ccc(OCc2ccccc2)c(OC)c1)N(C)CC1CCOC1.I. The molecule has 1 heterocycles. The zero-order valence-electron chi connectivity index (χ0n) is 18.7. The average Bonchev–Trinajstić information content (AvgIpc) is 3.29. The number of nitrogens with zero attached hydrogens (tertiary/aromatic N) is 2. The number of halogens is 1. The summed E-state index contributed by atoms with van der Waals surface area (Å²) in [6.07, 6.45) is 1.12. The van der Waals surface area contributed by atoms with Crippen molar-refractivity contribution in [2.75, 3.05) is 40.5 Å². The van der Waals surface area contributed by atoms with Gasteiger partial charge in [0.05, 0.1) is 20.3 Å². The van der Waals surface area contributed by atoms with Gasteiger partial charge in [-0.05, 0) is 36.6 Å². The molecule has 170 valence electrons. The van der Waals surface area contributed by atoms with E-state index in [1.54, 1.807) is 7.11 Å². The highest BCUT2D eigenvalue weighted by Crippen LogP contribution is 2.29. The van der Waals surface area contributed by atoms with Crippen molar-refractivity contribution in [1.29, 1.82) is 0 Å². The van der Waals surface area contributed by atoms with Crippen LogP contribution in [-0.2, 0) is 17.9 Å². The van der Waals surface area contributed by atoms with Crippen LogP contribution in [0.15, 0.2) is 53.5 Å². The third kappa shape index (κ3) is 7.88. The van der Waals surface area contributed by atoms with Gasteiger partial charge in [-0.15, -0.1) is 24.0 Å². The summed E-state index contributed by atoms with van der Waals surface area (Å²) in [6, 6.07) is 16.1. The van der Waals surface area contributed by atoms with Crippen LogP contribution in [0, 0.1) is 5.92 Å². The number of rotatable bonds is 9. The third-order valence-corrected chi connectivity index (χ3v) is 5.13. The molecule has 1 aliphatic heterocycles. The smallest absolute Gasteiger partial charge is 0.193 e. The average molecular weight is 539 g/mol. The molecule has 1 atom stereocenters. The fraction of sp³-hybridized carbons (Fsp3) is 0.458. The van der Waals surface area contributed by atoms with Crippen LogP contribution in [-0.4, -0.2) is 51.3 Å². The molecule has 1 unspecified atom stereocenters. The first kappa shape index (κ1) is 25.3. The second kappa shape index (κ2) is 13.4. The van der Waals surface area contributed by atoms with Gasteiger partial charge in [0.25, 0.3) is 0 Å². The van der Waals surface area contributed by atoms with Gasteiger partial charge in [0.1, 0.15) is 6.61 Å². The van der Waals surface area contributed by atoms with Crippen LogP contribution in [0.2, 0.25) is 0 Å².